The van der Waals surface area contributed by atoms with Crippen LogP contribution in [-0.4, -0.2) is 37.1 Å². The van der Waals surface area contributed by atoms with Crippen molar-refractivity contribution in [3.05, 3.63) is 64.9 Å². The van der Waals surface area contributed by atoms with E-state index >= 15 is 0 Å². The summed E-state index contributed by atoms with van der Waals surface area (Å²) in [7, 11) is 0. The number of likely N-dealkylation sites (tertiary alicyclic amines) is 1. The molecule has 0 N–H and O–H groups in total. The molecule has 1 saturated heterocycles. The Labute approximate surface area is 172 Å². The molecular weight excluding hydrogens is 382 g/mol. The van der Waals surface area contributed by atoms with E-state index in [1.54, 1.807) is 11.3 Å². The van der Waals surface area contributed by atoms with Crippen LogP contribution in [0.25, 0.3) is 22.2 Å². The van der Waals surface area contributed by atoms with E-state index in [-0.39, 0.29) is 11.9 Å². The molecule has 1 aliphatic rings. The summed E-state index contributed by atoms with van der Waals surface area (Å²) in [5, 5.41) is 8.23. The predicted octanol–water partition coefficient (Wildman–Crippen LogP) is 4.55. The lowest BCUT2D eigenvalue weighted by molar-refractivity contribution is 0.0737. The van der Waals surface area contributed by atoms with Crippen LogP contribution >= 0.6 is 11.3 Å². The first-order valence-corrected chi connectivity index (χ1v) is 10.8. The van der Waals surface area contributed by atoms with Crippen LogP contribution in [-0.2, 0) is 6.54 Å². The molecule has 0 aliphatic carbocycles. The quantitative estimate of drug-likeness (QED) is 0.501. The molecule has 7 heteroatoms. The molecule has 4 aromatic rings. The number of carbonyl (C=O) groups is 1. The maximum atomic E-state index is 13.7. The Kier molecular flexibility index (Phi) is 4.60. The molecule has 0 radical (unpaired) electrons. The van der Waals surface area contributed by atoms with E-state index in [9.17, 15) is 4.79 Å². The van der Waals surface area contributed by atoms with Gasteiger partial charge in [0.05, 0.1) is 29.0 Å². The molecule has 29 heavy (non-hydrogen) atoms. The number of benzene rings is 1. The second kappa shape index (κ2) is 7.40. The highest BCUT2D eigenvalue weighted by Crippen LogP contribution is 2.35. The minimum Gasteiger partial charge on any atom is -0.329 e. The van der Waals surface area contributed by atoms with Gasteiger partial charge < -0.3 is 4.90 Å². The molecule has 6 nitrogen and oxygen atoms in total. The van der Waals surface area contributed by atoms with Crippen molar-refractivity contribution in [3.8, 4) is 11.3 Å². The van der Waals surface area contributed by atoms with Gasteiger partial charge in [-0.3, -0.25) is 9.48 Å². The minimum absolute atomic E-state index is 0.0467. The number of hydrogen-bond donors (Lipinski definition) is 0. The van der Waals surface area contributed by atoms with Crippen molar-refractivity contribution in [1.82, 2.24) is 24.6 Å². The lowest BCUT2D eigenvalue weighted by atomic mass is 10.0. The molecule has 3 aromatic heterocycles. The first-order chi connectivity index (χ1) is 14.2. The molecule has 1 aromatic carbocycles. The Morgan fingerprint density at radius 3 is 3.00 bits per heavy atom. The predicted molar refractivity (Wildman–Crippen MR) is 114 cm³/mol. The fraction of sp³-hybridized carbons (Fsp3) is 0.273. The molecule has 5 rings (SSSR count). The standard InChI is InChI=1S/C22H21N5OS/c1-2-26-14-15(13-24-26)19-12-17(16-6-3-4-7-18(16)25-19)22(28)27-10-5-8-20(27)21-23-9-11-29-21/h3-4,6-7,9,11-14,20H,2,5,8,10H2,1H3. The van der Waals surface area contributed by atoms with Gasteiger partial charge in [0.25, 0.3) is 5.91 Å². The summed E-state index contributed by atoms with van der Waals surface area (Å²) in [4.78, 5) is 24.9. The minimum atomic E-state index is 0.0467. The van der Waals surface area contributed by atoms with Gasteiger partial charge in [-0.2, -0.15) is 5.10 Å². The van der Waals surface area contributed by atoms with Crippen molar-refractivity contribution >= 4 is 28.1 Å². The van der Waals surface area contributed by atoms with Gasteiger partial charge in [0.1, 0.15) is 5.01 Å². The Morgan fingerprint density at radius 1 is 1.31 bits per heavy atom. The second-order valence-electron chi connectivity index (χ2n) is 7.18. The van der Waals surface area contributed by atoms with Crippen molar-refractivity contribution in [1.29, 1.82) is 0 Å². The first-order valence-electron chi connectivity index (χ1n) is 9.87. The Bertz CT molecular complexity index is 1170. The topological polar surface area (TPSA) is 63.9 Å². The Morgan fingerprint density at radius 2 is 2.21 bits per heavy atom. The third-order valence-corrected chi connectivity index (χ3v) is 6.33. The maximum absolute atomic E-state index is 13.7. The van der Waals surface area contributed by atoms with Crippen LogP contribution in [0.15, 0.2) is 54.3 Å². The van der Waals surface area contributed by atoms with Gasteiger partial charge in [0.15, 0.2) is 0 Å². The van der Waals surface area contributed by atoms with Crippen molar-refractivity contribution in [2.45, 2.75) is 32.4 Å². The molecule has 0 saturated carbocycles. The Balaban J connectivity index is 1.60. The van der Waals surface area contributed by atoms with E-state index in [1.807, 2.05) is 70.8 Å². The zero-order valence-corrected chi connectivity index (χ0v) is 17.0. The maximum Gasteiger partial charge on any atom is 0.255 e. The molecule has 1 aliphatic heterocycles. The second-order valence-corrected chi connectivity index (χ2v) is 8.11. The van der Waals surface area contributed by atoms with Crippen LogP contribution < -0.4 is 0 Å². The third kappa shape index (κ3) is 3.21. The summed E-state index contributed by atoms with van der Waals surface area (Å²) >= 11 is 1.62. The van der Waals surface area contributed by atoms with E-state index in [0.29, 0.717) is 5.56 Å². The van der Waals surface area contributed by atoms with Crippen LogP contribution in [0.1, 0.15) is 41.2 Å². The fourth-order valence-corrected chi connectivity index (χ4v) is 4.77. The summed E-state index contributed by atoms with van der Waals surface area (Å²) in [5.41, 5.74) is 3.21. The highest BCUT2D eigenvalue weighted by atomic mass is 32.1. The lowest BCUT2D eigenvalue weighted by Gasteiger charge is -2.24. The van der Waals surface area contributed by atoms with Gasteiger partial charge in [0.2, 0.25) is 0 Å². The number of fused-ring (bicyclic) bond motifs is 1. The summed E-state index contributed by atoms with van der Waals surface area (Å²) in [5.74, 6) is 0.0467. The average Bonchev–Trinajstić information content (AvgIpc) is 3.53. The number of hydrogen-bond acceptors (Lipinski definition) is 5. The van der Waals surface area contributed by atoms with Crippen molar-refractivity contribution in [3.63, 3.8) is 0 Å². The summed E-state index contributed by atoms with van der Waals surface area (Å²) in [6.45, 7) is 3.59. The van der Waals surface area contributed by atoms with Gasteiger partial charge in [-0.25, -0.2) is 9.97 Å². The monoisotopic (exact) mass is 403 g/mol. The van der Waals surface area contributed by atoms with E-state index < -0.39 is 0 Å². The van der Waals surface area contributed by atoms with E-state index in [1.165, 1.54) is 0 Å². The molecule has 4 heterocycles. The number of amides is 1. The van der Waals surface area contributed by atoms with Crippen LogP contribution in [0, 0.1) is 0 Å². The third-order valence-electron chi connectivity index (χ3n) is 5.45. The van der Waals surface area contributed by atoms with Gasteiger partial charge >= 0.3 is 0 Å². The molecule has 1 atom stereocenters. The zero-order chi connectivity index (χ0) is 19.8. The highest BCUT2D eigenvalue weighted by molar-refractivity contribution is 7.09. The zero-order valence-electron chi connectivity index (χ0n) is 16.2. The number of nitrogens with zero attached hydrogens (tertiary/aromatic N) is 5. The number of pyridine rings is 1. The number of thiazole rings is 1. The van der Waals surface area contributed by atoms with Crippen molar-refractivity contribution in [2.24, 2.45) is 0 Å². The Hall–Kier alpha value is -3.06. The molecular formula is C22H21N5OS. The average molecular weight is 404 g/mol. The van der Waals surface area contributed by atoms with Crippen LogP contribution in [0.5, 0.6) is 0 Å². The number of rotatable bonds is 4. The molecule has 1 amide bonds. The molecule has 0 spiro atoms. The molecule has 146 valence electrons. The number of carbonyl (C=O) groups excluding carboxylic acids is 1. The van der Waals surface area contributed by atoms with Gasteiger partial charge in [0, 0.05) is 41.8 Å². The van der Waals surface area contributed by atoms with Crippen molar-refractivity contribution in [2.75, 3.05) is 6.54 Å². The number of para-hydroxylation sites is 1. The highest BCUT2D eigenvalue weighted by Gasteiger charge is 2.33. The smallest absolute Gasteiger partial charge is 0.255 e. The molecule has 1 fully saturated rings. The number of aryl methyl sites for hydroxylation is 1. The first kappa shape index (κ1) is 18.0. The van der Waals surface area contributed by atoms with Crippen LogP contribution in [0.3, 0.4) is 0 Å². The molecule has 0 bridgehead atoms. The van der Waals surface area contributed by atoms with Crippen molar-refractivity contribution < 1.29 is 4.79 Å². The SMILES string of the molecule is CCn1cc(-c2cc(C(=O)N3CCCC3c3nccs3)c3ccccc3n2)cn1. The lowest BCUT2D eigenvalue weighted by Crippen LogP contribution is -2.30. The van der Waals surface area contributed by atoms with Crippen LogP contribution in [0.4, 0.5) is 0 Å². The van der Waals surface area contributed by atoms with E-state index in [0.717, 1.165) is 53.1 Å². The fourth-order valence-electron chi connectivity index (χ4n) is 3.99. The summed E-state index contributed by atoms with van der Waals surface area (Å²) < 4.78 is 1.87. The van der Waals surface area contributed by atoms with Crippen LogP contribution in [0.2, 0.25) is 0 Å². The largest absolute Gasteiger partial charge is 0.329 e. The number of aromatic nitrogens is 4. The summed E-state index contributed by atoms with van der Waals surface area (Å²) in [6.07, 6.45) is 7.54. The molecule has 1 unspecified atom stereocenters. The van der Waals surface area contributed by atoms with E-state index in [4.69, 9.17) is 4.98 Å². The van der Waals surface area contributed by atoms with Gasteiger partial charge in [-0.05, 0) is 31.9 Å². The normalized spacial score (nSPS) is 16.6. The van der Waals surface area contributed by atoms with Gasteiger partial charge in [-0.15, -0.1) is 11.3 Å². The van der Waals surface area contributed by atoms with E-state index in [2.05, 4.69) is 10.1 Å². The van der Waals surface area contributed by atoms with Gasteiger partial charge in [-0.1, -0.05) is 18.2 Å². The summed E-state index contributed by atoms with van der Waals surface area (Å²) in [6, 6.07) is 9.82.